The molecule has 2 nitrogen and oxygen atoms in total. The minimum atomic E-state index is 0.106. The van der Waals surface area contributed by atoms with E-state index in [1.807, 2.05) is 13.0 Å². The van der Waals surface area contributed by atoms with E-state index in [1.165, 1.54) is 18.4 Å². The largest absolute Gasteiger partial charge is 0.295 e. The van der Waals surface area contributed by atoms with Crippen LogP contribution in [-0.4, -0.2) is 11.6 Å². The summed E-state index contributed by atoms with van der Waals surface area (Å²) in [6, 6.07) is 0. The molecule has 0 saturated heterocycles. The van der Waals surface area contributed by atoms with Crippen LogP contribution in [0.3, 0.4) is 0 Å². The fourth-order valence-corrected chi connectivity index (χ4v) is 6.71. The first-order valence-corrected chi connectivity index (χ1v) is 9.34. The van der Waals surface area contributed by atoms with Gasteiger partial charge in [-0.1, -0.05) is 25.5 Å². The third-order valence-electron chi connectivity index (χ3n) is 7.96. The molecule has 0 N–H and O–H groups in total. The highest BCUT2D eigenvalue weighted by molar-refractivity contribution is 5.99. The Kier molecular flexibility index (Phi) is 3.28. The van der Waals surface area contributed by atoms with E-state index in [-0.39, 0.29) is 10.8 Å². The second-order valence-electron chi connectivity index (χ2n) is 8.75. The predicted octanol–water partition coefficient (Wildman–Crippen LogP) is 4.64. The lowest BCUT2D eigenvalue weighted by molar-refractivity contribution is -0.117. The van der Waals surface area contributed by atoms with Gasteiger partial charge in [-0.3, -0.25) is 9.59 Å². The Morgan fingerprint density at radius 2 is 1.83 bits per heavy atom. The third-order valence-corrected chi connectivity index (χ3v) is 7.96. The second-order valence-corrected chi connectivity index (χ2v) is 8.75. The van der Waals surface area contributed by atoms with E-state index in [2.05, 4.69) is 19.9 Å². The quantitative estimate of drug-likeness (QED) is 0.610. The van der Waals surface area contributed by atoms with E-state index in [4.69, 9.17) is 0 Å². The maximum atomic E-state index is 12.5. The molecule has 2 heteroatoms. The smallest absolute Gasteiger partial charge is 0.159 e. The molecule has 4 rings (SSSR count). The summed E-state index contributed by atoms with van der Waals surface area (Å²) >= 11 is 0. The molecule has 4 aliphatic rings. The lowest BCUT2D eigenvalue weighted by atomic mass is 9.47. The highest BCUT2D eigenvalue weighted by Gasteiger charge is 2.59. The van der Waals surface area contributed by atoms with Gasteiger partial charge in [-0.2, -0.15) is 0 Å². The highest BCUT2D eigenvalue weighted by Crippen LogP contribution is 2.65. The van der Waals surface area contributed by atoms with Gasteiger partial charge in [0.1, 0.15) is 0 Å². The topological polar surface area (TPSA) is 34.1 Å². The van der Waals surface area contributed by atoms with Gasteiger partial charge in [0.05, 0.1) is 0 Å². The van der Waals surface area contributed by atoms with Crippen LogP contribution in [0.4, 0.5) is 0 Å². The van der Waals surface area contributed by atoms with Crippen molar-refractivity contribution < 1.29 is 9.59 Å². The summed E-state index contributed by atoms with van der Waals surface area (Å²) in [6.07, 6.45) is 11.1. The maximum Gasteiger partial charge on any atom is 0.159 e. The number of rotatable bonds is 0. The summed E-state index contributed by atoms with van der Waals surface area (Å²) < 4.78 is 0. The molecule has 0 aromatic carbocycles. The molecule has 124 valence electrons. The standard InChI is InChI=1S/C21H28O2/c1-4-16-19(23)12-18-15-6-5-13-11-14(22)7-9-20(13,2)17(15)8-10-21(16,18)3/h4,11,15,17-18H,5-10,12H2,1-3H3/b16-4-/t15?,17?,18?,20-,21+/m0/s1. The van der Waals surface area contributed by atoms with E-state index in [1.54, 1.807) is 0 Å². The second kappa shape index (κ2) is 4.91. The van der Waals surface area contributed by atoms with Crippen molar-refractivity contribution in [3.05, 3.63) is 23.3 Å². The molecule has 23 heavy (non-hydrogen) atoms. The monoisotopic (exact) mass is 312 g/mol. The van der Waals surface area contributed by atoms with E-state index < -0.39 is 0 Å². The Hall–Kier alpha value is -1.18. The van der Waals surface area contributed by atoms with Crippen LogP contribution in [0.15, 0.2) is 23.3 Å². The molecule has 0 radical (unpaired) electrons. The van der Waals surface area contributed by atoms with E-state index >= 15 is 0 Å². The average molecular weight is 312 g/mol. The third kappa shape index (κ3) is 1.93. The van der Waals surface area contributed by atoms with Crippen molar-refractivity contribution in [1.29, 1.82) is 0 Å². The number of fused-ring (bicyclic) bond motifs is 5. The fourth-order valence-electron chi connectivity index (χ4n) is 6.71. The van der Waals surface area contributed by atoms with Crippen molar-refractivity contribution in [2.75, 3.05) is 0 Å². The molecule has 3 saturated carbocycles. The van der Waals surface area contributed by atoms with Crippen LogP contribution in [0.25, 0.3) is 0 Å². The van der Waals surface area contributed by atoms with Crippen LogP contribution in [-0.2, 0) is 9.59 Å². The van der Waals surface area contributed by atoms with Crippen LogP contribution >= 0.6 is 0 Å². The first kappa shape index (κ1) is 15.4. The minimum absolute atomic E-state index is 0.106. The molecule has 0 heterocycles. The highest BCUT2D eigenvalue weighted by atomic mass is 16.1. The Bertz CT molecular complexity index is 640. The zero-order valence-electron chi connectivity index (χ0n) is 14.7. The van der Waals surface area contributed by atoms with Crippen LogP contribution in [0.5, 0.6) is 0 Å². The Morgan fingerprint density at radius 3 is 2.57 bits per heavy atom. The predicted molar refractivity (Wildman–Crippen MR) is 90.9 cm³/mol. The Balaban J connectivity index is 1.72. The van der Waals surface area contributed by atoms with Gasteiger partial charge >= 0.3 is 0 Å². The number of hydrogen-bond acceptors (Lipinski definition) is 2. The first-order chi connectivity index (χ1) is 10.9. The van der Waals surface area contributed by atoms with Gasteiger partial charge in [0.25, 0.3) is 0 Å². The number of ketones is 2. The van der Waals surface area contributed by atoms with Gasteiger partial charge in [0, 0.05) is 12.8 Å². The molecule has 4 aliphatic carbocycles. The lowest BCUT2D eigenvalue weighted by Gasteiger charge is -2.57. The zero-order chi connectivity index (χ0) is 16.4. The van der Waals surface area contributed by atoms with E-state index in [0.29, 0.717) is 35.7 Å². The average Bonchev–Trinajstić information content (AvgIpc) is 2.77. The maximum absolute atomic E-state index is 12.5. The number of hydrogen-bond donors (Lipinski definition) is 0. The molecule has 0 spiro atoms. The van der Waals surface area contributed by atoms with Crippen molar-refractivity contribution >= 4 is 11.6 Å². The van der Waals surface area contributed by atoms with Gasteiger partial charge in [-0.15, -0.1) is 0 Å². The van der Waals surface area contributed by atoms with Gasteiger partial charge in [0.2, 0.25) is 0 Å². The van der Waals surface area contributed by atoms with E-state index in [9.17, 15) is 9.59 Å². The number of Topliss-reactive ketones (excluding diaryl/α,β-unsaturated/α-hetero) is 1. The number of carbonyl (C=O) groups is 2. The van der Waals surface area contributed by atoms with Gasteiger partial charge in [0.15, 0.2) is 11.6 Å². The number of carbonyl (C=O) groups excluding carboxylic acids is 2. The summed E-state index contributed by atoms with van der Waals surface area (Å²) in [5, 5.41) is 0. The molecule has 3 fully saturated rings. The molecule has 5 atom stereocenters. The summed E-state index contributed by atoms with van der Waals surface area (Å²) in [4.78, 5) is 24.4. The van der Waals surface area contributed by atoms with Crippen molar-refractivity contribution in [2.24, 2.45) is 28.6 Å². The van der Waals surface area contributed by atoms with Gasteiger partial charge < -0.3 is 0 Å². The van der Waals surface area contributed by atoms with Crippen LogP contribution in [0.2, 0.25) is 0 Å². The van der Waals surface area contributed by atoms with Crippen molar-refractivity contribution in [3.8, 4) is 0 Å². The Labute approximate surface area is 139 Å². The summed E-state index contributed by atoms with van der Waals surface area (Å²) in [5.74, 6) is 2.56. The molecular weight excluding hydrogens is 284 g/mol. The molecule has 0 aromatic heterocycles. The van der Waals surface area contributed by atoms with Crippen molar-refractivity contribution in [3.63, 3.8) is 0 Å². The van der Waals surface area contributed by atoms with Crippen LogP contribution in [0.1, 0.15) is 65.7 Å². The lowest BCUT2D eigenvalue weighted by Crippen LogP contribution is -2.49. The van der Waals surface area contributed by atoms with Gasteiger partial charge in [-0.05, 0) is 79.3 Å². The molecular formula is C21H28O2. The van der Waals surface area contributed by atoms with Crippen LogP contribution in [0, 0.1) is 28.6 Å². The normalized spacial score (nSPS) is 47.9. The van der Waals surface area contributed by atoms with Crippen molar-refractivity contribution in [2.45, 2.75) is 65.7 Å². The zero-order valence-corrected chi connectivity index (χ0v) is 14.7. The summed E-state index contributed by atoms with van der Waals surface area (Å²) in [5.41, 5.74) is 2.83. The summed E-state index contributed by atoms with van der Waals surface area (Å²) in [7, 11) is 0. The van der Waals surface area contributed by atoms with Crippen molar-refractivity contribution in [1.82, 2.24) is 0 Å². The molecule has 0 aromatic rings. The van der Waals surface area contributed by atoms with E-state index in [0.717, 1.165) is 31.3 Å². The SMILES string of the molecule is C/C=C1/C(=O)CC2C3CCC4=CC(=O)CC[C@]4(C)C3CC[C@]12C. The Morgan fingerprint density at radius 1 is 1.04 bits per heavy atom. The minimum Gasteiger partial charge on any atom is -0.295 e. The first-order valence-electron chi connectivity index (χ1n) is 9.34. The summed E-state index contributed by atoms with van der Waals surface area (Å²) in [6.45, 7) is 6.77. The number of allylic oxidation sites excluding steroid dienone is 3. The molecule has 0 aliphatic heterocycles. The van der Waals surface area contributed by atoms with Crippen LogP contribution < -0.4 is 0 Å². The molecule has 0 bridgehead atoms. The fraction of sp³-hybridized carbons (Fsp3) is 0.714. The van der Waals surface area contributed by atoms with Gasteiger partial charge in [-0.25, -0.2) is 0 Å². The molecule has 3 unspecified atom stereocenters. The molecule has 0 amide bonds.